The molecule has 0 amide bonds. The van der Waals surface area contributed by atoms with Crippen molar-refractivity contribution in [1.29, 1.82) is 5.26 Å². The number of nitrogens with zero attached hydrogens (tertiary/aromatic N) is 1. The maximum atomic E-state index is 9.68. The van der Waals surface area contributed by atoms with Crippen LogP contribution < -0.4 is 0 Å². The Morgan fingerprint density at radius 1 is 1.62 bits per heavy atom. The van der Waals surface area contributed by atoms with Gasteiger partial charge in [-0.05, 0) is 12.8 Å². The molecule has 90 valence electrons. The van der Waals surface area contributed by atoms with Crippen molar-refractivity contribution in [3.05, 3.63) is 12.2 Å². The highest BCUT2D eigenvalue weighted by Crippen LogP contribution is 2.26. The Morgan fingerprint density at radius 3 is 3.00 bits per heavy atom. The van der Waals surface area contributed by atoms with Crippen molar-refractivity contribution in [2.24, 2.45) is 5.92 Å². The minimum absolute atomic E-state index is 0.0278. The first-order chi connectivity index (χ1) is 7.69. The maximum absolute atomic E-state index is 9.68. The van der Waals surface area contributed by atoms with E-state index in [0.29, 0.717) is 25.9 Å². The van der Waals surface area contributed by atoms with Gasteiger partial charge in [0.05, 0.1) is 31.0 Å². The fourth-order valence-electron chi connectivity index (χ4n) is 1.84. The Labute approximate surface area is 96.2 Å². The van der Waals surface area contributed by atoms with Crippen LogP contribution in [0.1, 0.15) is 26.2 Å². The van der Waals surface area contributed by atoms with E-state index in [2.05, 4.69) is 6.07 Å². The third-order valence-corrected chi connectivity index (χ3v) is 2.91. The molecule has 4 atom stereocenters. The topological polar surface area (TPSA) is 73.5 Å². The molecule has 4 heteroatoms. The van der Waals surface area contributed by atoms with Crippen LogP contribution in [0.5, 0.6) is 0 Å². The highest BCUT2D eigenvalue weighted by molar-refractivity contribution is 5.01. The molecule has 1 saturated heterocycles. The molecular weight excluding hydrogens is 206 g/mol. The van der Waals surface area contributed by atoms with Crippen LogP contribution in [0.4, 0.5) is 0 Å². The van der Waals surface area contributed by atoms with Gasteiger partial charge in [0.25, 0.3) is 0 Å². The molecule has 0 aromatic carbocycles. The van der Waals surface area contributed by atoms with E-state index in [4.69, 9.17) is 10.00 Å². The Balaban J connectivity index is 2.51. The summed E-state index contributed by atoms with van der Waals surface area (Å²) in [4.78, 5) is 0. The van der Waals surface area contributed by atoms with Crippen LogP contribution in [0.15, 0.2) is 12.2 Å². The smallest absolute Gasteiger partial charge is 0.0830 e. The molecule has 0 bridgehead atoms. The second-order valence-corrected chi connectivity index (χ2v) is 4.09. The van der Waals surface area contributed by atoms with Crippen LogP contribution in [0.25, 0.3) is 0 Å². The molecule has 1 rings (SSSR count). The molecule has 1 aliphatic rings. The summed E-state index contributed by atoms with van der Waals surface area (Å²) in [5, 5.41) is 27.6. The van der Waals surface area contributed by atoms with Gasteiger partial charge in [-0.3, -0.25) is 0 Å². The zero-order valence-corrected chi connectivity index (χ0v) is 9.54. The molecule has 0 radical (unpaired) electrons. The van der Waals surface area contributed by atoms with Crippen LogP contribution in [0, 0.1) is 17.2 Å². The van der Waals surface area contributed by atoms with Crippen molar-refractivity contribution >= 4 is 0 Å². The molecule has 2 N–H and O–H groups in total. The quantitative estimate of drug-likeness (QED) is 0.684. The number of hydrogen-bond acceptors (Lipinski definition) is 4. The Kier molecular flexibility index (Phi) is 5.47. The van der Waals surface area contributed by atoms with Crippen LogP contribution in [0.3, 0.4) is 0 Å². The number of aliphatic hydroxyl groups is 2. The maximum Gasteiger partial charge on any atom is 0.0830 e. The first-order valence-corrected chi connectivity index (χ1v) is 5.72. The Bertz CT molecular complexity index is 272. The molecule has 0 saturated carbocycles. The normalized spacial score (nSPS) is 31.8. The average molecular weight is 225 g/mol. The predicted molar refractivity (Wildman–Crippen MR) is 59.5 cm³/mol. The number of rotatable bonds is 5. The molecule has 1 fully saturated rings. The fourth-order valence-corrected chi connectivity index (χ4v) is 1.84. The summed E-state index contributed by atoms with van der Waals surface area (Å²) >= 11 is 0. The van der Waals surface area contributed by atoms with E-state index in [0.717, 1.165) is 0 Å². The summed E-state index contributed by atoms with van der Waals surface area (Å²) < 4.78 is 5.41. The standard InChI is InChI=1S/C12H19NO3/c1-2-9(14)5-6-12-10(4-3-7-13)11(15)8-16-12/h5-6,9-12,14-15H,2-4,8H2,1H3/b6-5+/t9?,10-,11?,12+/m0/s1. The van der Waals surface area contributed by atoms with Crippen molar-refractivity contribution in [3.63, 3.8) is 0 Å². The van der Waals surface area contributed by atoms with Crippen molar-refractivity contribution in [2.45, 2.75) is 44.5 Å². The summed E-state index contributed by atoms with van der Waals surface area (Å²) in [5.41, 5.74) is 0. The fraction of sp³-hybridized carbons (Fsp3) is 0.750. The van der Waals surface area contributed by atoms with Crippen molar-refractivity contribution < 1.29 is 14.9 Å². The van der Waals surface area contributed by atoms with Gasteiger partial charge in [-0.25, -0.2) is 0 Å². The first kappa shape index (κ1) is 13.2. The summed E-state index contributed by atoms with van der Waals surface area (Å²) in [6.07, 6.45) is 4.08. The molecular formula is C12H19NO3. The first-order valence-electron chi connectivity index (χ1n) is 5.72. The van der Waals surface area contributed by atoms with Crippen molar-refractivity contribution in [2.75, 3.05) is 6.61 Å². The number of aliphatic hydroxyl groups excluding tert-OH is 2. The van der Waals surface area contributed by atoms with Crippen LogP contribution >= 0.6 is 0 Å². The Hall–Kier alpha value is -0.890. The number of hydrogen-bond donors (Lipinski definition) is 2. The van der Waals surface area contributed by atoms with E-state index in [1.54, 1.807) is 12.2 Å². The Morgan fingerprint density at radius 2 is 2.38 bits per heavy atom. The van der Waals surface area contributed by atoms with Gasteiger partial charge in [0.15, 0.2) is 0 Å². The van der Waals surface area contributed by atoms with Crippen LogP contribution in [-0.4, -0.2) is 35.1 Å². The molecule has 2 unspecified atom stereocenters. The van der Waals surface area contributed by atoms with E-state index in [9.17, 15) is 10.2 Å². The van der Waals surface area contributed by atoms with Gasteiger partial charge in [-0.2, -0.15) is 5.26 Å². The van der Waals surface area contributed by atoms with Gasteiger partial charge < -0.3 is 14.9 Å². The third kappa shape index (κ3) is 3.60. The van der Waals surface area contributed by atoms with E-state index in [1.165, 1.54) is 0 Å². The largest absolute Gasteiger partial charge is 0.390 e. The lowest BCUT2D eigenvalue weighted by Crippen LogP contribution is -2.22. The van der Waals surface area contributed by atoms with Gasteiger partial charge in [0.2, 0.25) is 0 Å². The van der Waals surface area contributed by atoms with E-state index >= 15 is 0 Å². The summed E-state index contributed by atoms with van der Waals surface area (Å²) in [5.74, 6) is -0.0278. The molecule has 1 aliphatic heterocycles. The van der Waals surface area contributed by atoms with E-state index < -0.39 is 12.2 Å². The summed E-state index contributed by atoms with van der Waals surface area (Å²) in [6.45, 7) is 2.21. The monoisotopic (exact) mass is 225 g/mol. The lowest BCUT2D eigenvalue weighted by atomic mass is 9.93. The zero-order valence-electron chi connectivity index (χ0n) is 9.54. The van der Waals surface area contributed by atoms with Crippen LogP contribution in [-0.2, 0) is 4.74 Å². The second kappa shape index (κ2) is 6.64. The minimum atomic E-state index is -0.498. The van der Waals surface area contributed by atoms with Gasteiger partial charge in [-0.1, -0.05) is 19.1 Å². The molecule has 16 heavy (non-hydrogen) atoms. The molecule has 0 aliphatic carbocycles. The molecule has 4 nitrogen and oxygen atoms in total. The minimum Gasteiger partial charge on any atom is -0.390 e. The predicted octanol–water partition coefficient (Wildman–Crippen LogP) is 0.993. The second-order valence-electron chi connectivity index (χ2n) is 4.09. The van der Waals surface area contributed by atoms with Gasteiger partial charge in [0.1, 0.15) is 0 Å². The SMILES string of the molecule is CCC(O)/C=C/[C@H]1OCC(O)[C@@H]1CCC#N. The number of ether oxygens (including phenoxy) is 1. The third-order valence-electron chi connectivity index (χ3n) is 2.91. The van der Waals surface area contributed by atoms with E-state index in [-0.39, 0.29) is 12.0 Å². The van der Waals surface area contributed by atoms with Gasteiger partial charge >= 0.3 is 0 Å². The lowest BCUT2D eigenvalue weighted by molar-refractivity contribution is 0.107. The van der Waals surface area contributed by atoms with Gasteiger partial charge in [-0.15, -0.1) is 0 Å². The van der Waals surface area contributed by atoms with Crippen molar-refractivity contribution in [3.8, 4) is 6.07 Å². The molecule has 1 heterocycles. The highest BCUT2D eigenvalue weighted by Gasteiger charge is 2.33. The molecule has 0 spiro atoms. The summed E-state index contributed by atoms with van der Waals surface area (Å²) in [7, 11) is 0. The highest BCUT2D eigenvalue weighted by atomic mass is 16.5. The average Bonchev–Trinajstić information content (AvgIpc) is 2.64. The molecule has 0 aromatic rings. The van der Waals surface area contributed by atoms with Crippen LogP contribution in [0.2, 0.25) is 0 Å². The van der Waals surface area contributed by atoms with E-state index in [1.807, 2.05) is 6.92 Å². The molecule has 0 aromatic heterocycles. The zero-order chi connectivity index (χ0) is 12.0. The summed E-state index contributed by atoms with van der Waals surface area (Å²) in [6, 6.07) is 2.07. The number of nitriles is 1. The van der Waals surface area contributed by atoms with Crippen molar-refractivity contribution in [1.82, 2.24) is 0 Å². The lowest BCUT2D eigenvalue weighted by Gasteiger charge is -2.16. The van der Waals surface area contributed by atoms with Gasteiger partial charge in [0, 0.05) is 12.3 Å².